The lowest BCUT2D eigenvalue weighted by atomic mass is 9.84. The number of carboxylic acid groups (broad SMARTS) is 1. The zero-order valence-electron chi connectivity index (χ0n) is 15.2. The van der Waals surface area contributed by atoms with E-state index < -0.39 is 5.97 Å². The van der Waals surface area contributed by atoms with Crippen LogP contribution in [0.5, 0.6) is 0 Å². The van der Waals surface area contributed by atoms with Crippen LogP contribution in [-0.4, -0.2) is 26.1 Å². The number of fused-ring (bicyclic) bond motifs is 1. The third-order valence-corrected chi connectivity index (χ3v) is 5.24. The van der Waals surface area contributed by atoms with Gasteiger partial charge in [0.15, 0.2) is 0 Å². The molecule has 0 amide bonds. The van der Waals surface area contributed by atoms with Gasteiger partial charge >= 0.3 is 5.97 Å². The molecule has 0 aliphatic rings. The Hall–Kier alpha value is -2.40. The third-order valence-electron chi connectivity index (χ3n) is 4.96. The molecular weight excluding hydrogens is 350 g/mol. The number of aliphatic carboxylic acids is 1. The average Bonchev–Trinajstić information content (AvgIpc) is 3.05. The van der Waals surface area contributed by atoms with Crippen molar-refractivity contribution in [2.75, 3.05) is 0 Å². The molecule has 6 heteroatoms. The third kappa shape index (κ3) is 3.31. The van der Waals surface area contributed by atoms with Crippen LogP contribution in [0.4, 0.5) is 0 Å². The molecule has 3 rings (SSSR count). The normalized spacial score (nSPS) is 12.5. The summed E-state index contributed by atoms with van der Waals surface area (Å²) >= 11 is 6.05. The lowest BCUT2D eigenvalue weighted by Crippen LogP contribution is -2.10. The minimum Gasteiger partial charge on any atom is -0.481 e. The molecule has 0 aliphatic carbocycles. The summed E-state index contributed by atoms with van der Waals surface area (Å²) in [7, 11) is 0. The Morgan fingerprint density at radius 3 is 2.69 bits per heavy atom. The van der Waals surface area contributed by atoms with Crippen molar-refractivity contribution in [1.29, 1.82) is 0 Å². The number of nitrogens with zero attached hydrogens (tertiary/aromatic N) is 3. The zero-order valence-corrected chi connectivity index (χ0v) is 15.9. The maximum atomic E-state index is 11.5. The number of hydrogen-bond acceptors (Lipinski definition) is 3. The van der Waals surface area contributed by atoms with Gasteiger partial charge in [0.2, 0.25) is 0 Å². The van der Waals surface area contributed by atoms with Crippen LogP contribution in [0.25, 0.3) is 11.0 Å². The Morgan fingerprint density at radius 2 is 2.04 bits per heavy atom. The van der Waals surface area contributed by atoms with Gasteiger partial charge in [-0.05, 0) is 54.7 Å². The molecular formula is C20H22ClN3O2. The highest BCUT2D eigenvalue weighted by atomic mass is 35.5. The van der Waals surface area contributed by atoms with E-state index in [9.17, 15) is 9.90 Å². The first-order valence-corrected chi connectivity index (χ1v) is 9.19. The summed E-state index contributed by atoms with van der Waals surface area (Å²) in [6, 6.07) is 9.99. The standard InChI is InChI=1S/C20H22ClN3O2/c1-4-24-18-8-7-16(13(3)20(18)22-23-24)17(10-19(25)26)14-6-5-12(2)15(9-14)11-21/h5-9,17H,4,10-11H2,1-3H3,(H,25,26)/t17-/m0/s1. The molecule has 0 saturated carbocycles. The molecule has 2 aromatic carbocycles. The quantitative estimate of drug-likeness (QED) is 0.651. The minimum atomic E-state index is -0.834. The molecule has 1 N–H and O–H groups in total. The second-order valence-corrected chi connectivity index (χ2v) is 6.79. The van der Waals surface area contributed by atoms with Gasteiger partial charge in [-0.25, -0.2) is 4.68 Å². The van der Waals surface area contributed by atoms with Crippen LogP contribution < -0.4 is 0 Å². The van der Waals surface area contributed by atoms with Crippen molar-refractivity contribution in [3.05, 3.63) is 58.1 Å². The van der Waals surface area contributed by atoms with E-state index in [0.717, 1.165) is 45.4 Å². The van der Waals surface area contributed by atoms with E-state index in [1.54, 1.807) is 0 Å². The van der Waals surface area contributed by atoms with Crippen LogP contribution in [0, 0.1) is 13.8 Å². The fraction of sp³-hybridized carbons (Fsp3) is 0.350. The van der Waals surface area contributed by atoms with Crippen molar-refractivity contribution >= 4 is 28.6 Å². The van der Waals surface area contributed by atoms with E-state index in [0.29, 0.717) is 5.88 Å². The lowest BCUT2D eigenvalue weighted by molar-refractivity contribution is -0.137. The Bertz CT molecular complexity index is 965. The SMILES string of the molecule is CCn1nnc2c(C)c([C@@H](CC(=O)O)c3ccc(C)c(CCl)c3)ccc21. The van der Waals surface area contributed by atoms with Crippen molar-refractivity contribution in [2.24, 2.45) is 0 Å². The van der Waals surface area contributed by atoms with Gasteiger partial charge in [-0.2, -0.15) is 0 Å². The molecule has 0 fully saturated rings. The molecule has 0 unspecified atom stereocenters. The number of halogens is 1. The molecule has 136 valence electrons. The number of rotatable bonds is 6. The zero-order chi connectivity index (χ0) is 18.8. The summed E-state index contributed by atoms with van der Waals surface area (Å²) < 4.78 is 1.84. The van der Waals surface area contributed by atoms with Crippen LogP contribution in [0.3, 0.4) is 0 Å². The van der Waals surface area contributed by atoms with Crippen LogP contribution in [-0.2, 0) is 17.2 Å². The predicted molar refractivity (Wildman–Crippen MR) is 103 cm³/mol. The second-order valence-electron chi connectivity index (χ2n) is 6.52. The summed E-state index contributed by atoms with van der Waals surface area (Å²) in [5.41, 5.74) is 6.82. The molecule has 1 aromatic heterocycles. The fourth-order valence-electron chi connectivity index (χ4n) is 3.43. The summed E-state index contributed by atoms with van der Waals surface area (Å²) in [5.74, 6) is -0.687. The van der Waals surface area contributed by atoms with E-state index >= 15 is 0 Å². The van der Waals surface area contributed by atoms with E-state index in [-0.39, 0.29) is 12.3 Å². The molecule has 0 radical (unpaired) electrons. The number of carboxylic acids is 1. The van der Waals surface area contributed by atoms with Gasteiger partial charge in [0.1, 0.15) is 5.52 Å². The molecule has 1 heterocycles. The van der Waals surface area contributed by atoms with Crippen molar-refractivity contribution in [3.63, 3.8) is 0 Å². The maximum Gasteiger partial charge on any atom is 0.304 e. The Balaban J connectivity index is 2.15. The highest BCUT2D eigenvalue weighted by Gasteiger charge is 2.22. The van der Waals surface area contributed by atoms with Crippen molar-refractivity contribution in [2.45, 2.75) is 45.5 Å². The van der Waals surface area contributed by atoms with Gasteiger partial charge < -0.3 is 5.11 Å². The Morgan fingerprint density at radius 1 is 1.27 bits per heavy atom. The molecule has 5 nitrogen and oxygen atoms in total. The van der Waals surface area contributed by atoms with Gasteiger partial charge in [-0.3, -0.25) is 4.79 Å². The van der Waals surface area contributed by atoms with Crippen molar-refractivity contribution in [1.82, 2.24) is 15.0 Å². The van der Waals surface area contributed by atoms with E-state index in [4.69, 9.17) is 11.6 Å². The summed E-state index contributed by atoms with van der Waals surface area (Å²) in [4.78, 5) is 11.5. The Labute approximate surface area is 157 Å². The summed E-state index contributed by atoms with van der Waals surface area (Å²) in [6.07, 6.45) is 0.0129. The maximum absolute atomic E-state index is 11.5. The topological polar surface area (TPSA) is 68.0 Å². The highest BCUT2D eigenvalue weighted by molar-refractivity contribution is 6.17. The first-order chi connectivity index (χ1) is 12.5. The van der Waals surface area contributed by atoms with Crippen LogP contribution in [0.15, 0.2) is 30.3 Å². The van der Waals surface area contributed by atoms with Gasteiger partial charge in [0, 0.05) is 18.3 Å². The van der Waals surface area contributed by atoms with E-state index in [1.807, 2.05) is 55.8 Å². The van der Waals surface area contributed by atoms with Gasteiger partial charge in [-0.1, -0.05) is 29.5 Å². The molecule has 0 spiro atoms. The molecule has 3 aromatic rings. The number of hydrogen-bond donors (Lipinski definition) is 1. The first kappa shape index (κ1) is 18.4. The molecule has 26 heavy (non-hydrogen) atoms. The average molecular weight is 372 g/mol. The lowest BCUT2D eigenvalue weighted by Gasteiger charge is -2.20. The van der Waals surface area contributed by atoms with Crippen LogP contribution in [0.2, 0.25) is 0 Å². The van der Waals surface area contributed by atoms with E-state index in [2.05, 4.69) is 10.3 Å². The highest BCUT2D eigenvalue weighted by Crippen LogP contribution is 2.34. The largest absolute Gasteiger partial charge is 0.481 e. The molecule has 0 saturated heterocycles. The van der Waals surface area contributed by atoms with Crippen molar-refractivity contribution in [3.8, 4) is 0 Å². The van der Waals surface area contributed by atoms with Crippen molar-refractivity contribution < 1.29 is 9.90 Å². The summed E-state index contributed by atoms with van der Waals surface area (Å²) in [6.45, 7) is 6.75. The van der Waals surface area contributed by atoms with Crippen LogP contribution >= 0.6 is 11.6 Å². The number of aryl methyl sites for hydroxylation is 3. The molecule has 1 atom stereocenters. The van der Waals surface area contributed by atoms with E-state index in [1.165, 1.54) is 0 Å². The number of aromatic nitrogens is 3. The second kappa shape index (κ2) is 7.46. The minimum absolute atomic E-state index is 0.0129. The molecule has 0 aliphatic heterocycles. The van der Waals surface area contributed by atoms with Gasteiger partial charge in [0.05, 0.1) is 11.9 Å². The predicted octanol–water partition coefficient (Wildman–Crippen LogP) is 4.41. The number of benzene rings is 2. The Kier molecular flexibility index (Phi) is 5.28. The summed E-state index contributed by atoms with van der Waals surface area (Å²) in [5, 5.41) is 18.0. The smallest absolute Gasteiger partial charge is 0.304 e. The van der Waals surface area contributed by atoms with Gasteiger partial charge in [-0.15, -0.1) is 16.7 Å². The number of carbonyl (C=O) groups is 1. The monoisotopic (exact) mass is 371 g/mol. The fourth-order valence-corrected chi connectivity index (χ4v) is 3.72. The number of alkyl halides is 1. The molecule has 0 bridgehead atoms. The van der Waals surface area contributed by atoms with Crippen LogP contribution in [0.1, 0.15) is 47.1 Å². The first-order valence-electron chi connectivity index (χ1n) is 8.66. The van der Waals surface area contributed by atoms with Gasteiger partial charge in [0.25, 0.3) is 0 Å².